The summed E-state index contributed by atoms with van der Waals surface area (Å²) in [5.41, 5.74) is 1.70. The molecule has 3 aliphatic heterocycles. The van der Waals surface area contributed by atoms with Gasteiger partial charge >= 0.3 is 0 Å². The van der Waals surface area contributed by atoms with Crippen molar-refractivity contribution in [3.05, 3.63) is 41.6 Å². The summed E-state index contributed by atoms with van der Waals surface area (Å²) in [4.78, 5) is 42.2. The van der Waals surface area contributed by atoms with Gasteiger partial charge in [0.25, 0.3) is 5.91 Å². The molecule has 3 aliphatic rings. The normalized spacial score (nSPS) is 20.1. The largest absolute Gasteiger partial charge is 0.491 e. The zero-order valence-corrected chi connectivity index (χ0v) is 23.3. The van der Waals surface area contributed by atoms with Crippen molar-refractivity contribution >= 4 is 35.1 Å². The molecule has 0 spiro atoms. The second kappa shape index (κ2) is 12.0. The lowest BCUT2D eigenvalue weighted by atomic mass is 10.1. The Morgan fingerprint density at radius 1 is 1.12 bits per heavy atom. The molecule has 0 bridgehead atoms. The highest BCUT2D eigenvalue weighted by atomic mass is 16.5. The molecule has 2 aromatic rings. The van der Waals surface area contributed by atoms with Crippen molar-refractivity contribution in [2.75, 3.05) is 51.8 Å². The molecule has 2 amide bonds. The van der Waals surface area contributed by atoms with Crippen LogP contribution in [0, 0.1) is 0 Å². The van der Waals surface area contributed by atoms with E-state index in [1.54, 1.807) is 19.2 Å². The van der Waals surface area contributed by atoms with Gasteiger partial charge in [0.05, 0.1) is 38.0 Å². The molecular weight excluding hydrogens is 514 g/mol. The maximum atomic E-state index is 13.1. The molecular formula is C28H35N7O5. The molecule has 12 nitrogen and oxygen atoms in total. The quantitative estimate of drug-likeness (QED) is 0.481. The van der Waals surface area contributed by atoms with Gasteiger partial charge in [-0.15, -0.1) is 0 Å². The first-order chi connectivity index (χ1) is 19.3. The van der Waals surface area contributed by atoms with Gasteiger partial charge in [-0.25, -0.2) is 9.98 Å². The number of pyridine rings is 1. The number of nitrogens with one attached hydrogen (secondary N) is 2. The average molecular weight is 550 g/mol. The molecule has 212 valence electrons. The molecule has 1 saturated heterocycles. The number of carbonyl (C=O) groups excluding carboxylic acids is 2. The first kappa shape index (κ1) is 27.5. The number of ether oxygens (including phenoxy) is 3. The lowest BCUT2D eigenvalue weighted by molar-refractivity contribution is -0.114. The van der Waals surface area contributed by atoms with Crippen molar-refractivity contribution in [1.82, 2.24) is 20.1 Å². The number of rotatable bonds is 8. The number of hydrogen-bond acceptors (Lipinski definition) is 10. The molecule has 0 saturated carbocycles. The zero-order chi connectivity index (χ0) is 28.2. The van der Waals surface area contributed by atoms with E-state index in [2.05, 4.69) is 39.4 Å². The van der Waals surface area contributed by atoms with Gasteiger partial charge in [0.1, 0.15) is 17.3 Å². The van der Waals surface area contributed by atoms with Crippen LogP contribution in [0.3, 0.4) is 0 Å². The minimum atomic E-state index is -0.381. The van der Waals surface area contributed by atoms with E-state index >= 15 is 0 Å². The molecule has 1 fully saturated rings. The molecule has 0 aliphatic carbocycles. The Hall–Kier alpha value is -4.03. The second-order valence-corrected chi connectivity index (χ2v) is 10.1. The lowest BCUT2D eigenvalue weighted by Crippen LogP contribution is -2.47. The maximum absolute atomic E-state index is 13.1. The fourth-order valence-corrected chi connectivity index (χ4v) is 5.19. The van der Waals surface area contributed by atoms with Gasteiger partial charge in [-0.3, -0.25) is 29.7 Å². The van der Waals surface area contributed by atoms with Crippen LogP contribution in [-0.4, -0.2) is 97.0 Å². The predicted molar refractivity (Wildman–Crippen MR) is 151 cm³/mol. The summed E-state index contributed by atoms with van der Waals surface area (Å²) in [6, 6.07) is 6.98. The Morgan fingerprint density at radius 3 is 2.62 bits per heavy atom. The molecule has 2 N–H and O–H groups in total. The number of morpholine rings is 1. The van der Waals surface area contributed by atoms with E-state index in [9.17, 15) is 9.59 Å². The number of amides is 2. The van der Waals surface area contributed by atoms with E-state index in [1.165, 1.54) is 13.1 Å². The molecule has 4 heterocycles. The highest BCUT2D eigenvalue weighted by Crippen LogP contribution is 2.43. The summed E-state index contributed by atoms with van der Waals surface area (Å²) in [7, 11) is 1.58. The highest BCUT2D eigenvalue weighted by Gasteiger charge is 2.33. The van der Waals surface area contributed by atoms with Gasteiger partial charge in [0, 0.05) is 44.9 Å². The molecule has 12 heteroatoms. The number of guanidine groups is 1. The number of nitrogens with zero attached hydrogens (tertiary/aromatic N) is 5. The number of amidine groups is 1. The fraction of sp³-hybridized carbons (Fsp3) is 0.464. The van der Waals surface area contributed by atoms with Gasteiger partial charge in [-0.05, 0) is 44.5 Å². The topological polar surface area (TPSA) is 130 Å². The minimum Gasteiger partial charge on any atom is -0.491 e. The van der Waals surface area contributed by atoms with Crippen LogP contribution in [0.25, 0.3) is 0 Å². The van der Waals surface area contributed by atoms with Crippen LogP contribution in [0.4, 0.5) is 11.5 Å². The molecule has 1 aromatic heterocycles. The second-order valence-electron chi connectivity index (χ2n) is 10.1. The van der Waals surface area contributed by atoms with Crippen LogP contribution in [-0.2, 0) is 9.53 Å². The van der Waals surface area contributed by atoms with Crippen molar-refractivity contribution < 1.29 is 23.8 Å². The molecule has 0 unspecified atom stereocenters. The number of methoxy groups -OCH3 is 1. The minimum absolute atomic E-state index is 0.232. The summed E-state index contributed by atoms with van der Waals surface area (Å²) < 4.78 is 17.7. The third-order valence-electron chi connectivity index (χ3n) is 6.78. The van der Waals surface area contributed by atoms with Crippen LogP contribution in [0.2, 0.25) is 0 Å². The van der Waals surface area contributed by atoms with Crippen molar-refractivity contribution in [2.24, 2.45) is 9.98 Å². The van der Waals surface area contributed by atoms with Gasteiger partial charge in [0.15, 0.2) is 11.5 Å². The number of anilines is 1. The molecule has 5 rings (SSSR count). The molecule has 40 heavy (non-hydrogen) atoms. The first-order valence-corrected chi connectivity index (χ1v) is 13.5. The van der Waals surface area contributed by atoms with E-state index < -0.39 is 0 Å². The van der Waals surface area contributed by atoms with E-state index in [0.29, 0.717) is 54.2 Å². The van der Waals surface area contributed by atoms with E-state index in [1.807, 2.05) is 17.0 Å². The molecule has 2 atom stereocenters. The van der Waals surface area contributed by atoms with Crippen molar-refractivity contribution in [1.29, 1.82) is 0 Å². The number of hydrogen-bond donors (Lipinski definition) is 2. The van der Waals surface area contributed by atoms with Gasteiger partial charge in [-0.2, -0.15) is 0 Å². The van der Waals surface area contributed by atoms with E-state index in [4.69, 9.17) is 19.2 Å². The summed E-state index contributed by atoms with van der Waals surface area (Å²) in [5.74, 6) is 1.91. The Kier molecular flexibility index (Phi) is 8.27. The standard InChI is InChI=1S/C28H35N7O5/c1-17-15-34(16-18(2)40-17)11-5-13-39-22-8-7-21-24(25(22)38-4)32-28(35-12-10-29-26(21)35)33-27(37)20-6-9-23(30-14-20)31-19(3)36/h6-9,14,17-18H,5,10-13,15-16H2,1-4H3,(H,30,31,36)(H,32,33,37)/t17-,18+. The smallest absolute Gasteiger partial charge is 0.259 e. The Bertz CT molecular complexity index is 1320. The number of benzene rings is 1. The van der Waals surface area contributed by atoms with Crippen molar-refractivity contribution in [2.45, 2.75) is 39.4 Å². The summed E-state index contributed by atoms with van der Waals surface area (Å²) in [6.45, 7) is 10.1. The monoisotopic (exact) mass is 549 g/mol. The lowest BCUT2D eigenvalue weighted by Gasteiger charge is -2.35. The van der Waals surface area contributed by atoms with Gasteiger partial charge in [0.2, 0.25) is 11.9 Å². The number of aromatic nitrogens is 1. The van der Waals surface area contributed by atoms with Crippen molar-refractivity contribution in [3.63, 3.8) is 0 Å². The van der Waals surface area contributed by atoms with Crippen LogP contribution in [0.5, 0.6) is 11.5 Å². The van der Waals surface area contributed by atoms with Gasteiger partial charge < -0.3 is 19.5 Å². The third kappa shape index (κ3) is 6.07. The van der Waals surface area contributed by atoms with Crippen LogP contribution >= 0.6 is 0 Å². The van der Waals surface area contributed by atoms with Crippen LogP contribution in [0.1, 0.15) is 43.1 Å². The number of carbonyl (C=O) groups is 2. The third-order valence-corrected chi connectivity index (χ3v) is 6.78. The molecule has 1 aromatic carbocycles. The predicted octanol–water partition coefficient (Wildman–Crippen LogP) is 2.42. The Morgan fingerprint density at radius 2 is 1.93 bits per heavy atom. The summed E-state index contributed by atoms with van der Waals surface area (Å²) >= 11 is 0. The van der Waals surface area contributed by atoms with E-state index in [-0.39, 0.29) is 24.0 Å². The Labute approximate surface area is 233 Å². The Balaban J connectivity index is 1.30. The first-order valence-electron chi connectivity index (χ1n) is 13.5. The highest BCUT2D eigenvalue weighted by molar-refractivity contribution is 6.20. The van der Waals surface area contributed by atoms with Crippen molar-refractivity contribution in [3.8, 4) is 11.5 Å². The van der Waals surface area contributed by atoms with Crippen LogP contribution < -0.4 is 20.1 Å². The number of fused-ring (bicyclic) bond motifs is 3. The van der Waals surface area contributed by atoms with E-state index in [0.717, 1.165) is 37.5 Å². The molecule has 0 radical (unpaired) electrons. The number of aliphatic imine (C=N–C) groups is 2. The average Bonchev–Trinajstić information content (AvgIpc) is 3.41. The SMILES string of the molecule is COc1c(OCCCN2C[C@@H](C)O[C@@H](C)C2)ccc2c1N=C(NC(=O)c1ccc(NC(C)=O)nc1)N1CCN=C21. The van der Waals surface area contributed by atoms with Crippen LogP contribution in [0.15, 0.2) is 40.4 Å². The zero-order valence-electron chi connectivity index (χ0n) is 23.3. The summed E-state index contributed by atoms with van der Waals surface area (Å²) in [6.07, 6.45) is 2.73. The maximum Gasteiger partial charge on any atom is 0.259 e. The summed E-state index contributed by atoms with van der Waals surface area (Å²) in [5, 5.41) is 5.48. The fourth-order valence-electron chi connectivity index (χ4n) is 5.19. The van der Waals surface area contributed by atoms with Gasteiger partial charge in [-0.1, -0.05) is 0 Å².